The predicted octanol–water partition coefficient (Wildman–Crippen LogP) is 2.83. The maximum absolute atomic E-state index is 13.0. The minimum Gasteiger partial charge on any atom is -0.388 e. The molecule has 0 aliphatic rings. The molecule has 0 aliphatic heterocycles. The zero-order chi connectivity index (χ0) is 11.7. The lowest BCUT2D eigenvalue weighted by Gasteiger charge is -2.12. The van der Waals surface area contributed by atoms with E-state index in [1.54, 1.807) is 0 Å². The van der Waals surface area contributed by atoms with E-state index < -0.39 is 40.8 Å². The average Bonchev–Trinajstić information content (AvgIpc) is 2.23. The van der Waals surface area contributed by atoms with Crippen LogP contribution in [0.25, 0.3) is 0 Å². The first kappa shape index (κ1) is 11.9. The molecule has 1 nitrogen and oxygen atoms in total. The van der Waals surface area contributed by atoms with Gasteiger partial charge in [0.05, 0.1) is 11.7 Å². The van der Waals surface area contributed by atoms with Crippen LogP contribution in [0.1, 0.15) is 25.0 Å². The second-order valence-corrected chi connectivity index (χ2v) is 2.91. The van der Waals surface area contributed by atoms with Gasteiger partial charge in [-0.1, -0.05) is 6.92 Å². The summed E-state index contributed by atoms with van der Waals surface area (Å²) in [5.41, 5.74) is -1.19. The SMILES string of the molecule is CC[C@@H](O)c1c(F)c(F)c(F)c(F)c1F. The van der Waals surface area contributed by atoms with Gasteiger partial charge in [-0.15, -0.1) is 0 Å². The number of aliphatic hydroxyl groups is 1. The fourth-order valence-corrected chi connectivity index (χ4v) is 1.12. The number of hydrogen-bond acceptors (Lipinski definition) is 1. The van der Waals surface area contributed by atoms with Gasteiger partial charge in [-0.05, 0) is 6.42 Å². The molecule has 0 spiro atoms. The van der Waals surface area contributed by atoms with Gasteiger partial charge in [-0.25, -0.2) is 22.0 Å². The number of rotatable bonds is 2. The van der Waals surface area contributed by atoms with Crippen molar-refractivity contribution in [3.8, 4) is 0 Å². The zero-order valence-corrected chi connectivity index (χ0v) is 7.62. The van der Waals surface area contributed by atoms with Crippen LogP contribution in [0, 0.1) is 29.1 Å². The number of benzene rings is 1. The fraction of sp³-hybridized carbons (Fsp3) is 0.333. The van der Waals surface area contributed by atoms with E-state index in [0.29, 0.717) is 0 Å². The minimum absolute atomic E-state index is 0.154. The van der Waals surface area contributed by atoms with Gasteiger partial charge in [0.15, 0.2) is 23.3 Å². The molecular formula is C9H7F5O. The summed E-state index contributed by atoms with van der Waals surface area (Å²) in [5.74, 6) is -10.3. The summed E-state index contributed by atoms with van der Waals surface area (Å²) >= 11 is 0. The van der Waals surface area contributed by atoms with Gasteiger partial charge in [-0.3, -0.25) is 0 Å². The molecule has 1 N–H and O–H groups in total. The lowest BCUT2D eigenvalue weighted by molar-refractivity contribution is 0.159. The monoisotopic (exact) mass is 226 g/mol. The van der Waals surface area contributed by atoms with Crippen LogP contribution in [-0.2, 0) is 0 Å². The lowest BCUT2D eigenvalue weighted by atomic mass is 10.1. The van der Waals surface area contributed by atoms with Gasteiger partial charge in [0.1, 0.15) is 0 Å². The van der Waals surface area contributed by atoms with Crippen LogP contribution >= 0.6 is 0 Å². The van der Waals surface area contributed by atoms with Crippen molar-refractivity contribution in [1.82, 2.24) is 0 Å². The summed E-state index contributed by atoms with van der Waals surface area (Å²) in [7, 11) is 0. The highest BCUT2D eigenvalue weighted by Gasteiger charge is 2.28. The molecule has 0 heterocycles. The Morgan fingerprint density at radius 1 is 0.867 bits per heavy atom. The van der Waals surface area contributed by atoms with E-state index in [0.717, 1.165) is 0 Å². The van der Waals surface area contributed by atoms with Crippen LogP contribution in [0.2, 0.25) is 0 Å². The van der Waals surface area contributed by atoms with Gasteiger partial charge >= 0.3 is 0 Å². The maximum Gasteiger partial charge on any atom is 0.200 e. The van der Waals surface area contributed by atoms with E-state index in [2.05, 4.69) is 0 Å². The molecule has 0 saturated heterocycles. The molecule has 1 rings (SSSR count). The molecule has 84 valence electrons. The van der Waals surface area contributed by atoms with Crippen LogP contribution in [0.3, 0.4) is 0 Å². The summed E-state index contributed by atoms with van der Waals surface area (Å²) < 4.78 is 63.7. The molecule has 0 radical (unpaired) electrons. The summed E-state index contributed by atoms with van der Waals surface area (Å²) in [6, 6.07) is 0. The van der Waals surface area contributed by atoms with Crippen LogP contribution in [0.4, 0.5) is 22.0 Å². The highest BCUT2D eigenvalue weighted by Crippen LogP contribution is 2.28. The van der Waals surface area contributed by atoms with Crippen LogP contribution < -0.4 is 0 Å². The molecule has 0 saturated carbocycles. The number of halogens is 5. The molecule has 0 fully saturated rings. The first-order chi connectivity index (χ1) is 6.91. The fourth-order valence-electron chi connectivity index (χ4n) is 1.12. The maximum atomic E-state index is 13.0. The molecular weight excluding hydrogens is 219 g/mol. The molecule has 0 bridgehead atoms. The van der Waals surface area contributed by atoms with Gasteiger partial charge in [-0.2, -0.15) is 0 Å². The summed E-state index contributed by atoms with van der Waals surface area (Å²) in [6.45, 7) is 1.35. The van der Waals surface area contributed by atoms with Gasteiger partial charge in [0, 0.05) is 0 Å². The molecule has 1 aromatic rings. The third kappa shape index (κ3) is 1.81. The van der Waals surface area contributed by atoms with Crippen LogP contribution in [0.5, 0.6) is 0 Å². The molecule has 6 heteroatoms. The Hall–Kier alpha value is -1.17. The standard InChI is InChI=1S/C9H7F5O/c1-2-3(15)4-5(10)7(12)9(14)8(13)6(4)11/h3,15H,2H2,1H3/t3-/m1/s1. The summed E-state index contributed by atoms with van der Waals surface area (Å²) in [4.78, 5) is 0. The Kier molecular flexibility index (Phi) is 3.28. The molecule has 15 heavy (non-hydrogen) atoms. The van der Waals surface area contributed by atoms with E-state index in [4.69, 9.17) is 5.11 Å². The Balaban J connectivity index is 3.52. The number of hydrogen-bond donors (Lipinski definition) is 1. The normalized spacial score (nSPS) is 13.0. The predicted molar refractivity (Wildman–Crippen MR) is 41.5 cm³/mol. The van der Waals surface area contributed by atoms with Crippen LogP contribution in [-0.4, -0.2) is 5.11 Å². The molecule has 0 aromatic heterocycles. The Morgan fingerprint density at radius 2 is 1.20 bits per heavy atom. The molecule has 0 unspecified atom stereocenters. The van der Waals surface area contributed by atoms with Crippen molar-refractivity contribution in [1.29, 1.82) is 0 Å². The van der Waals surface area contributed by atoms with Gasteiger partial charge in [0.2, 0.25) is 5.82 Å². The van der Waals surface area contributed by atoms with Crippen molar-refractivity contribution < 1.29 is 27.1 Å². The van der Waals surface area contributed by atoms with E-state index in [-0.39, 0.29) is 6.42 Å². The first-order valence-corrected chi connectivity index (χ1v) is 4.11. The van der Waals surface area contributed by atoms with Crippen molar-refractivity contribution in [2.24, 2.45) is 0 Å². The molecule has 1 atom stereocenters. The largest absolute Gasteiger partial charge is 0.388 e. The summed E-state index contributed by atoms with van der Waals surface area (Å²) in [6.07, 6.45) is -1.87. The van der Waals surface area contributed by atoms with Crippen molar-refractivity contribution in [2.45, 2.75) is 19.4 Å². The summed E-state index contributed by atoms with van der Waals surface area (Å²) in [5, 5.41) is 9.09. The van der Waals surface area contributed by atoms with Crippen molar-refractivity contribution in [2.75, 3.05) is 0 Å². The highest BCUT2D eigenvalue weighted by atomic mass is 19.2. The number of aliphatic hydroxyl groups excluding tert-OH is 1. The van der Waals surface area contributed by atoms with Gasteiger partial charge < -0.3 is 5.11 Å². The smallest absolute Gasteiger partial charge is 0.200 e. The van der Waals surface area contributed by atoms with Crippen molar-refractivity contribution in [3.05, 3.63) is 34.6 Å². The Labute approximate surface area is 82.1 Å². The van der Waals surface area contributed by atoms with E-state index in [9.17, 15) is 22.0 Å². The average molecular weight is 226 g/mol. The van der Waals surface area contributed by atoms with E-state index in [1.807, 2.05) is 0 Å². The van der Waals surface area contributed by atoms with Crippen LogP contribution in [0.15, 0.2) is 0 Å². The quantitative estimate of drug-likeness (QED) is 0.467. The lowest BCUT2D eigenvalue weighted by Crippen LogP contribution is -2.10. The van der Waals surface area contributed by atoms with Gasteiger partial charge in [0.25, 0.3) is 0 Å². The molecule has 0 amide bonds. The Bertz CT molecular complexity index is 362. The van der Waals surface area contributed by atoms with Crippen molar-refractivity contribution >= 4 is 0 Å². The first-order valence-electron chi connectivity index (χ1n) is 4.11. The van der Waals surface area contributed by atoms with E-state index in [1.165, 1.54) is 6.92 Å². The topological polar surface area (TPSA) is 20.2 Å². The highest BCUT2D eigenvalue weighted by molar-refractivity contribution is 5.25. The Morgan fingerprint density at radius 3 is 1.53 bits per heavy atom. The third-order valence-electron chi connectivity index (χ3n) is 1.96. The van der Waals surface area contributed by atoms with Crippen molar-refractivity contribution in [3.63, 3.8) is 0 Å². The van der Waals surface area contributed by atoms with E-state index >= 15 is 0 Å². The third-order valence-corrected chi connectivity index (χ3v) is 1.96. The minimum atomic E-state index is -2.22. The molecule has 1 aromatic carbocycles. The second-order valence-electron chi connectivity index (χ2n) is 2.91. The second kappa shape index (κ2) is 4.14. The zero-order valence-electron chi connectivity index (χ0n) is 7.62. The molecule has 0 aliphatic carbocycles.